The molecule has 1 aliphatic heterocycles. The van der Waals surface area contributed by atoms with Crippen molar-refractivity contribution < 1.29 is 9.13 Å². The molecule has 5 rings (SSSR count). The molecule has 0 unspecified atom stereocenters. The Morgan fingerprint density at radius 3 is 2.50 bits per heavy atom. The number of fused-ring (bicyclic) bond motifs is 1. The van der Waals surface area contributed by atoms with Crippen LogP contribution in [-0.4, -0.2) is 19.3 Å². The van der Waals surface area contributed by atoms with Gasteiger partial charge in [-0.25, -0.2) is 4.39 Å². The van der Waals surface area contributed by atoms with Crippen LogP contribution in [0.5, 0.6) is 5.75 Å². The lowest BCUT2D eigenvalue weighted by Gasteiger charge is -2.29. The Morgan fingerprint density at radius 2 is 1.71 bits per heavy atom. The highest BCUT2D eigenvalue weighted by atomic mass is 35.5. The van der Waals surface area contributed by atoms with Gasteiger partial charge < -0.3 is 9.64 Å². The number of hydrogen-bond acceptors (Lipinski definition) is 3. The molecule has 4 aromatic carbocycles. The lowest BCUT2D eigenvalue weighted by Crippen LogP contribution is -2.29. The summed E-state index contributed by atoms with van der Waals surface area (Å²) in [6.45, 7) is 2.44. The van der Waals surface area contributed by atoms with Crippen LogP contribution in [0, 0.1) is 5.82 Å². The van der Waals surface area contributed by atoms with E-state index in [0.717, 1.165) is 57.1 Å². The van der Waals surface area contributed by atoms with Crippen molar-refractivity contribution in [1.29, 1.82) is 0 Å². The van der Waals surface area contributed by atoms with Crippen LogP contribution >= 0.6 is 11.6 Å². The number of anilines is 1. The van der Waals surface area contributed by atoms with Crippen LogP contribution in [0.1, 0.15) is 30.4 Å². The van der Waals surface area contributed by atoms with Crippen molar-refractivity contribution in [3.05, 3.63) is 101 Å². The number of benzene rings is 4. The van der Waals surface area contributed by atoms with E-state index in [1.54, 1.807) is 12.1 Å². The van der Waals surface area contributed by atoms with Crippen molar-refractivity contribution in [3.8, 4) is 5.75 Å². The van der Waals surface area contributed by atoms with Crippen LogP contribution in [0.25, 0.3) is 10.8 Å². The summed E-state index contributed by atoms with van der Waals surface area (Å²) in [5.74, 6) is 0.468. The quantitative estimate of drug-likeness (QED) is 0.266. The summed E-state index contributed by atoms with van der Waals surface area (Å²) in [4.78, 5) is 7.10. The van der Waals surface area contributed by atoms with Crippen molar-refractivity contribution in [2.45, 2.75) is 25.9 Å². The summed E-state index contributed by atoms with van der Waals surface area (Å²) in [6.07, 6.45) is 5.54. The molecule has 1 aliphatic rings. The van der Waals surface area contributed by atoms with Crippen LogP contribution in [0.4, 0.5) is 15.8 Å². The van der Waals surface area contributed by atoms with Crippen molar-refractivity contribution in [1.82, 2.24) is 0 Å². The molecule has 1 saturated heterocycles. The second-order valence-corrected chi connectivity index (χ2v) is 8.96. The van der Waals surface area contributed by atoms with Crippen molar-refractivity contribution >= 4 is 40.0 Å². The molecular weight excluding hydrogens is 447 g/mol. The van der Waals surface area contributed by atoms with Gasteiger partial charge in [-0.05, 0) is 72.0 Å². The smallest absolute Gasteiger partial charge is 0.129 e. The first-order valence-corrected chi connectivity index (χ1v) is 12.0. The van der Waals surface area contributed by atoms with Gasteiger partial charge in [0.05, 0.1) is 16.4 Å². The van der Waals surface area contributed by atoms with Gasteiger partial charge in [0, 0.05) is 24.9 Å². The largest absolute Gasteiger partial charge is 0.488 e. The molecule has 0 radical (unpaired) electrons. The molecule has 1 fully saturated rings. The maximum Gasteiger partial charge on any atom is 0.129 e. The van der Waals surface area contributed by atoms with E-state index in [1.165, 1.54) is 31.4 Å². The molecule has 0 saturated carbocycles. The maximum absolute atomic E-state index is 13.2. The van der Waals surface area contributed by atoms with Crippen LogP contribution in [0.15, 0.2) is 83.9 Å². The molecule has 0 N–H and O–H groups in total. The molecule has 0 aliphatic carbocycles. The summed E-state index contributed by atoms with van der Waals surface area (Å²) in [5, 5.41) is 2.89. The van der Waals surface area contributed by atoms with E-state index in [2.05, 4.69) is 23.1 Å². The summed E-state index contributed by atoms with van der Waals surface area (Å²) in [5.41, 5.74) is 3.67. The van der Waals surface area contributed by atoms with Gasteiger partial charge >= 0.3 is 0 Å². The zero-order valence-corrected chi connectivity index (χ0v) is 19.6. The Balaban J connectivity index is 1.43. The average Bonchev–Trinajstić information content (AvgIpc) is 2.88. The van der Waals surface area contributed by atoms with Crippen molar-refractivity contribution in [2.24, 2.45) is 4.99 Å². The highest BCUT2D eigenvalue weighted by molar-refractivity contribution is 6.33. The summed E-state index contributed by atoms with van der Waals surface area (Å²) in [7, 11) is 0. The fourth-order valence-electron chi connectivity index (χ4n) is 4.38. The highest BCUT2D eigenvalue weighted by Crippen LogP contribution is 2.33. The number of piperidine rings is 1. The molecule has 0 aromatic heterocycles. The highest BCUT2D eigenvalue weighted by Gasteiger charge is 2.14. The van der Waals surface area contributed by atoms with E-state index < -0.39 is 0 Å². The second kappa shape index (κ2) is 10.3. The van der Waals surface area contributed by atoms with Crippen LogP contribution in [0.2, 0.25) is 5.02 Å². The van der Waals surface area contributed by atoms with Gasteiger partial charge in [-0.2, -0.15) is 0 Å². The molecule has 4 aromatic rings. The van der Waals surface area contributed by atoms with E-state index >= 15 is 0 Å². The lowest BCUT2D eigenvalue weighted by atomic mass is 10.0. The molecular formula is C29H26ClFN2O. The standard InChI is InChI=1S/C29H26ClFN2O/c30-27-18-24(13-14-28(27)33-16-4-1-5-17-33)32-19-26-25-7-3-2-6-22(25)10-15-29(26)34-20-21-8-11-23(31)12-9-21/h2-3,6-15,18-19H,1,4-5,16-17,20H2. The average molecular weight is 473 g/mol. The van der Waals surface area contributed by atoms with E-state index in [-0.39, 0.29) is 5.82 Å². The molecule has 0 atom stereocenters. The van der Waals surface area contributed by atoms with Crippen LogP contribution < -0.4 is 9.64 Å². The molecule has 5 heteroatoms. The number of nitrogens with zero attached hydrogens (tertiary/aromatic N) is 2. The number of aliphatic imine (C=N–C) groups is 1. The monoisotopic (exact) mass is 472 g/mol. The van der Waals surface area contributed by atoms with Crippen molar-refractivity contribution in [3.63, 3.8) is 0 Å². The number of hydrogen-bond donors (Lipinski definition) is 0. The molecule has 3 nitrogen and oxygen atoms in total. The van der Waals surface area contributed by atoms with Crippen LogP contribution in [0.3, 0.4) is 0 Å². The summed E-state index contributed by atoms with van der Waals surface area (Å²) < 4.78 is 19.4. The van der Waals surface area contributed by atoms with E-state index in [9.17, 15) is 4.39 Å². The van der Waals surface area contributed by atoms with E-state index in [1.807, 2.05) is 42.6 Å². The van der Waals surface area contributed by atoms with Gasteiger partial charge in [-0.1, -0.05) is 54.1 Å². The third-order valence-electron chi connectivity index (χ3n) is 6.21. The predicted molar refractivity (Wildman–Crippen MR) is 139 cm³/mol. The molecule has 172 valence electrons. The fourth-order valence-corrected chi connectivity index (χ4v) is 4.68. The minimum Gasteiger partial charge on any atom is -0.488 e. The van der Waals surface area contributed by atoms with Crippen molar-refractivity contribution in [2.75, 3.05) is 18.0 Å². The third-order valence-corrected chi connectivity index (χ3v) is 6.51. The van der Waals surface area contributed by atoms with Gasteiger partial charge in [0.25, 0.3) is 0 Å². The van der Waals surface area contributed by atoms with Crippen LogP contribution in [-0.2, 0) is 6.61 Å². The molecule has 0 bridgehead atoms. The third kappa shape index (κ3) is 5.07. The van der Waals surface area contributed by atoms with Gasteiger partial charge in [0.15, 0.2) is 0 Å². The van der Waals surface area contributed by atoms with Gasteiger partial charge in [-0.15, -0.1) is 0 Å². The lowest BCUT2D eigenvalue weighted by molar-refractivity contribution is 0.306. The first kappa shape index (κ1) is 22.4. The Morgan fingerprint density at radius 1 is 0.912 bits per heavy atom. The molecule has 0 amide bonds. The van der Waals surface area contributed by atoms with E-state index in [0.29, 0.717) is 6.61 Å². The zero-order valence-electron chi connectivity index (χ0n) is 18.9. The zero-order chi connectivity index (χ0) is 23.3. The SMILES string of the molecule is Fc1ccc(COc2ccc3ccccc3c2C=Nc2ccc(N3CCCCC3)c(Cl)c2)cc1. The van der Waals surface area contributed by atoms with Gasteiger partial charge in [-0.3, -0.25) is 4.99 Å². The predicted octanol–water partition coefficient (Wildman–Crippen LogP) is 7.95. The number of ether oxygens (including phenoxy) is 1. The minimum atomic E-state index is -0.257. The van der Waals surface area contributed by atoms with E-state index in [4.69, 9.17) is 21.3 Å². The summed E-state index contributed by atoms with van der Waals surface area (Å²) in [6, 6.07) is 24.5. The number of rotatable bonds is 6. The topological polar surface area (TPSA) is 24.8 Å². The Bertz CT molecular complexity index is 1310. The number of halogens is 2. The Labute approximate surface area is 204 Å². The molecule has 34 heavy (non-hydrogen) atoms. The van der Waals surface area contributed by atoms with Gasteiger partial charge in [0.2, 0.25) is 0 Å². The Kier molecular flexibility index (Phi) is 6.77. The first-order valence-electron chi connectivity index (χ1n) is 11.6. The molecule has 0 spiro atoms. The molecule has 1 heterocycles. The first-order chi connectivity index (χ1) is 16.7. The second-order valence-electron chi connectivity index (χ2n) is 8.56. The van der Waals surface area contributed by atoms with Gasteiger partial charge in [0.1, 0.15) is 18.2 Å². The minimum absolute atomic E-state index is 0.257. The Hall–Kier alpha value is -3.37. The maximum atomic E-state index is 13.2. The fraction of sp³-hybridized carbons (Fsp3) is 0.207. The normalized spacial score (nSPS) is 14.1. The summed E-state index contributed by atoms with van der Waals surface area (Å²) >= 11 is 6.63.